The molecule has 1 saturated carbocycles. The summed E-state index contributed by atoms with van der Waals surface area (Å²) in [6, 6.07) is 4.33. The molecule has 0 spiro atoms. The lowest BCUT2D eigenvalue weighted by Crippen LogP contribution is -2.45. The largest absolute Gasteiger partial charge is 0.354 e. The van der Waals surface area contributed by atoms with Crippen LogP contribution < -0.4 is 10.2 Å². The predicted molar refractivity (Wildman–Crippen MR) is 98.6 cm³/mol. The summed E-state index contributed by atoms with van der Waals surface area (Å²) >= 11 is 0. The second kappa shape index (κ2) is 7.23. The van der Waals surface area contributed by atoms with Gasteiger partial charge in [-0.3, -0.25) is 9.59 Å². The summed E-state index contributed by atoms with van der Waals surface area (Å²) in [7, 11) is 2.13. The molecule has 2 amide bonds. The fourth-order valence-corrected chi connectivity index (χ4v) is 3.84. The van der Waals surface area contributed by atoms with Crippen LogP contribution in [0.2, 0.25) is 0 Å². The van der Waals surface area contributed by atoms with Gasteiger partial charge >= 0.3 is 0 Å². The SMILES string of the molecule is CN1CCN(c2ncccc2CNC(=O)[C@@H]2CC(=O)N(C3CC3)C2)CC1. The minimum absolute atomic E-state index is 0.0188. The van der Waals surface area contributed by atoms with Crippen LogP contribution >= 0.6 is 0 Å². The number of carbonyl (C=O) groups excluding carboxylic acids is 2. The fourth-order valence-electron chi connectivity index (χ4n) is 3.84. The Balaban J connectivity index is 1.36. The van der Waals surface area contributed by atoms with E-state index in [0.29, 0.717) is 25.6 Å². The molecule has 0 unspecified atom stereocenters. The van der Waals surface area contributed by atoms with Crippen LogP contribution in [-0.4, -0.2) is 72.4 Å². The summed E-state index contributed by atoms with van der Waals surface area (Å²) in [5, 5.41) is 3.03. The van der Waals surface area contributed by atoms with Gasteiger partial charge in [0.2, 0.25) is 11.8 Å². The van der Waals surface area contributed by atoms with Crippen LogP contribution in [0.4, 0.5) is 5.82 Å². The molecular weight excluding hydrogens is 330 g/mol. The average molecular weight is 357 g/mol. The van der Waals surface area contributed by atoms with Crippen molar-refractivity contribution in [2.24, 2.45) is 5.92 Å². The van der Waals surface area contributed by atoms with Crippen LogP contribution in [-0.2, 0) is 16.1 Å². The van der Waals surface area contributed by atoms with Gasteiger partial charge in [-0.05, 0) is 26.0 Å². The Morgan fingerprint density at radius 3 is 2.77 bits per heavy atom. The highest BCUT2D eigenvalue weighted by Crippen LogP contribution is 2.32. The normalized spacial score (nSPS) is 24.2. The number of amides is 2. The van der Waals surface area contributed by atoms with Crippen LogP contribution in [0.3, 0.4) is 0 Å². The number of likely N-dealkylation sites (tertiary alicyclic amines) is 1. The van der Waals surface area contributed by atoms with Crippen molar-refractivity contribution in [1.82, 2.24) is 20.1 Å². The fraction of sp³-hybridized carbons (Fsp3) is 0.632. The molecule has 3 heterocycles. The van der Waals surface area contributed by atoms with Gasteiger partial charge in [0.1, 0.15) is 5.82 Å². The number of rotatable bonds is 5. The molecule has 26 heavy (non-hydrogen) atoms. The maximum atomic E-state index is 12.6. The van der Waals surface area contributed by atoms with E-state index in [2.05, 4.69) is 27.1 Å². The van der Waals surface area contributed by atoms with Crippen molar-refractivity contribution in [2.75, 3.05) is 44.7 Å². The third kappa shape index (κ3) is 3.67. The van der Waals surface area contributed by atoms with Crippen molar-refractivity contribution < 1.29 is 9.59 Å². The maximum absolute atomic E-state index is 12.6. The first-order valence-corrected chi connectivity index (χ1v) is 9.56. The molecular formula is C19H27N5O2. The molecule has 3 fully saturated rings. The summed E-state index contributed by atoms with van der Waals surface area (Å²) in [5.41, 5.74) is 1.04. The third-order valence-electron chi connectivity index (χ3n) is 5.64. The minimum Gasteiger partial charge on any atom is -0.354 e. The molecule has 0 aromatic carbocycles. The van der Waals surface area contributed by atoms with E-state index < -0.39 is 0 Å². The Hall–Kier alpha value is -2.15. The highest BCUT2D eigenvalue weighted by molar-refractivity contribution is 5.89. The van der Waals surface area contributed by atoms with E-state index in [-0.39, 0.29) is 17.7 Å². The van der Waals surface area contributed by atoms with Gasteiger partial charge in [-0.15, -0.1) is 0 Å². The molecule has 1 aromatic rings. The Kier molecular flexibility index (Phi) is 4.80. The van der Waals surface area contributed by atoms with Crippen molar-refractivity contribution in [3.63, 3.8) is 0 Å². The third-order valence-corrected chi connectivity index (χ3v) is 5.64. The number of aromatic nitrogens is 1. The number of hydrogen-bond donors (Lipinski definition) is 1. The van der Waals surface area contributed by atoms with Gasteiger partial charge in [0.25, 0.3) is 0 Å². The van der Waals surface area contributed by atoms with E-state index in [1.807, 2.05) is 23.2 Å². The summed E-state index contributed by atoms with van der Waals surface area (Å²) in [6.45, 7) is 4.97. The first kappa shape index (κ1) is 17.3. The van der Waals surface area contributed by atoms with E-state index in [9.17, 15) is 9.59 Å². The van der Waals surface area contributed by atoms with E-state index in [0.717, 1.165) is 50.4 Å². The zero-order valence-corrected chi connectivity index (χ0v) is 15.4. The molecule has 0 radical (unpaired) electrons. The quantitative estimate of drug-likeness (QED) is 0.829. The molecule has 1 atom stereocenters. The molecule has 7 nitrogen and oxygen atoms in total. The van der Waals surface area contributed by atoms with Gasteiger partial charge in [-0.25, -0.2) is 4.98 Å². The van der Waals surface area contributed by atoms with Crippen LogP contribution in [0, 0.1) is 5.92 Å². The average Bonchev–Trinajstić information content (AvgIpc) is 3.42. The molecule has 2 aliphatic heterocycles. The maximum Gasteiger partial charge on any atom is 0.225 e. The molecule has 7 heteroatoms. The number of hydrogen-bond acceptors (Lipinski definition) is 5. The van der Waals surface area contributed by atoms with Gasteiger partial charge in [-0.2, -0.15) is 0 Å². The number of pyridine rings is 1. The molecule has 3 aliphatic rings. The topological polar surface area (TPSA) is 68.8 Å². The zero-order chi connectivity index (χ0) is 18.1. The van der Waals surface area contributed by atoms with Crippen molar-refractivity contribution >= 4 is 17.6 Å². The Labute approximate surface area is 154 Å². The monoisotopic (exact) mass is 357 g/mol. The lowest BCUT2D eigenvalue weighted by Gasteiger charge is -2.34. The van der Waals surface area contributed by atoms with Gasteiger partial charge < -0.3 is 20.0 Å². The van der Waals surface area contributed by atoms with Crippen molar-refractivity contribution in [3.05, 3.63) is 23.9 Å². The van der Waals surface area contributed by atoms with Gasteiger partial charge in [-0.1, -0.05) is 6.07 Å². The van der Waals surface area contributed by atoms with Gasteiger partial charge in [0, 0.05) is 63.5 Å². The molecule has 2 saturated heterocycles. The van der Waals surface area contributed by atoms with Gasteiger partial charge in [0.05, 0.1) is 5.92 Å². The zero-order valence-electron chi connectivity index (χ0n) is 15.4. The number of carbonyl (C=O) groups is 2. The van der Waals surface area contributed by atoms with Crippen LogP contribution in [0.5, 0.6) is 0 Å². The van der Waals surface area contributed by atoms with E-state index >= 15 is 0 Å². The Morgan fingerprint density at radius 1 is 1.27 bits per heavy atom. The van der Waals surface area contributed by atoms with Crippen molar-refractivity contribution in [1.29, 1.82) is 0 Å². The lowest BCUT2D eigenvalue weighted by atomic mass is 10.1. The van der Waals surface area contributed by atoms with Crippen LogP contribution in [0.15, 0.2) is 18.3 Å². The summed E-state index contributed by atoms with van der Waals surface area (Å²) in [4.78, 5) is 35.7. The van der Waals surface area contributed by atoms with Gasteiger partial charge in [0.15, 0.2) is 0 Å². The standard InChI is InChI=1S/C19H27N5O2/c1-22-7-9-23(10-8-22)18-14(3-2-6-20-18)12-21-19(26)15-11-17(25)24(13-15)16-4-5-16/h2-3,6,15-16H,4-5,7-13H2,1H3,(H,21,26)/t15-/m1/s1. The van der Waals surface area contributed by atoms with Crippen molar-refractivity contribution in [2.45, 2.75) is 31.8 Å². The Bertz CT molecular complexity index is 682. The number of piperazine rings is 1. The van der Waals surface area contributed by atoms with Crippen LogP contribution in [0.25, 0.3) is 0 Å². The lowest BCUT2D eigenvalue weighted by molar-refractivity contribution is -0.129. The number of anilines is 1. The predicted octanol–water partition coefficient (Wildman–Crippen LogP) is 0.461. The van der Waals surface area contributed by atoms with E-state index in [4.69, 9.17) is 0 Å². The molecule has 4 rings (SSSR count). The summed E-state index contributed by atoms with van der Waals surface area (Å²) in [6.07, 6.45) is 4.33. The molecule has 1 aliphatic carbocycles. The number of likely N-dealkylation sites (N-methyl/N-ethyl adjacent to an activating group) is 1. The number of nitrogens with zero attached hydrogens (tertiary/aromatic N) is 4. The van der Waals surface area contributed by atoms with Crippen LogP contribution in [0.1, 0.15) is 24.8 Å². The second-order valence-electron chi connectivity index (χ2n) is 7.67. The first-order valence-electron chi connectivity index (χ1n) is 9.56. The minimum atomic E-state index is -0.216. The second-order valence-corrected chi connectivity index (χ2v) is 7.67. The van der Waals surface area contributed by atoms with E-state index in [1.54, 1.807) is 0 Å². The molecule has 140 valence electrons. The summed E-state index contributed by atoms with van der Waals surface area (Å²) < 4.78 is 0. The Morgan fingerprint density at radius 2 is 2.04 bits per heavy atom. The highest BCUT2D eigenvalue weighted by Gasteiger charge is 2.41. The molecule has 1 N–H and O–H groups in total. The highest BCUT2D eigenvalue weighted by atomic mass is 16.2. The first-order chi connectivity index (χ1) is 12.6. The summed E-state index contributed by atoms with van der Waals surface area (Å²) in [5.74, 6) is 0.858. The molecule has 0 bridgehead atoms. The van der Waals surface area contributed by atoms with E-state index in [1.165, 1.54) is 0 Å². The smallest absolute Gasteiger partial charge is 0.225 e. The molecule has 1 aromatic heterocycles. The van der Waals surface area contributed by atoms with Crippen molar-refractivity contribution in [3.8, 4) is 0 Å². The number of nitrogens with one attached hydrogen (secondary N) is 1.